The van der Waals surface area contributed by atoms with E-state index in [4.69, 9.17) is 5.73 Å². The first-order chi connectivity index (χ1) is 9.02. The molecular formula is C15H25N3O. The molecule has 106 valence electrons. The lowest BCUT2D eigenvalue weighted by atomic mass is 10.1. The maximum atomic E-state index is 11.8. The molecule has 0 aliphatic carbocycles. The van der Waals surface area contributed by atoms with E-state index in [0.29, 0.717) is 13.0 Å². The summed E-state index contributed by atoms with van der Waals surface area (Å²) in [5.41, 5.74) is 7.01. The van der Waals surface area contributed by atoms with Crippen LogP contribution in [0.2, 0.25) is 0 Å². The minimum Gasteiger partial charge on any atom is -0.354 e. The lowest BCUT2D eigenvalue weighted by Gasteiger charge is -2.27. The highest BCUT2D eigenvalue weighted by molar-refractivity contribution is 5.76. The molecule has 4 heteroatoms. The Kier molecular flexibility index (Phi) is 6.53. The van der Waals surface area contributed by atoms with Crippen LogP contribution in [0, 0.1) is 0 Å². The molecule has 1 aromatic rings. The lowest BCUT2D eigenvalue weighted by Crippen LogP contribution is -2.42. The number of likely N-dealkylation sites (N-methyl/N-ethyl adjacent to an activating group) is 1. The third kappa shape index (κ3) is 5.85. The molecule has 0 radical (unpaired) electrons. The molecule has 1 atom stereocenters. The van der Waals surface area contributed by atoms with E-state index in [1.54, 1.807) is 0 Å². The first-order valence-corrected chi connectivity index (χ1v) is 6.76. The summed E-state index contributed by atoms with van der Waals surface area (Å²) in [7, 11) is 2.01. The number of hydrogen-bond donors (Lipinski definition) is 2. The third-order valence-corrected chi connectivity index (χ3v) is 3.04. The van der Waals surface area contributed by atoms with Gasteiger partial charge in [0, 0.05) is 31.6 Å². The number of carbonyl (C=O) groups excluding carboxylic acids is 1. The minimum atomic E-state index is 0.0605. The molecule has 0 saturated heterocycles. The van der Waals surface area contributed by atoms with E-state index in [1.165, 1.54) is 5.56 Å². The zero-order chi connectivity index (χ0) is 14.3. The molecule has 3 N–H and O–H groups in total. The Morgan fingerprint density at radius 1 is 1.32 bits per heavy atom. The Morgan fingerprint density at radius 2 is 1.95 bits per heavy atom. The van der Waals surface area contributed by atoms with Crippen LogP contribution in [-0.4, -0.2) is 36.5 Å². The van der Waals surface area contributed by atoms with Gasteiger partial charge in [-0.25, -0.2) is 0 Å². The standard InChI is InChI=1S/C15H25N3O/c1-12(2)17-15(19)9-14(10-16)18(3)11-13-7-5-4-6-8-13/h4-8,12,14H,9-11,16H2,1-3H3,(H,17,19). The van der Waals surface area contributed by atoms with Gasteiger partial charge in [0.15, 0.2) is 0 Å². The number of nitrogens with zero attached hydrogens (tertiary/aromatic N) is 1. The van der Waals surface area contributed by atoms with Crippen LogP contribution in [0.3, 0.4) is 0 Å². The molecule has 4 nitrogen and oxygen atoms in total. The topological polar surface area (TPSA) is 58.4 Å². The molecular weight excluding hydrogens is 238 g/mol. The average Bonchev–Trinajstić information content (AvgIpc) is 2.36. The van der Waals surface area contributed by atoms with E-state index < -0.39 is 0 Å². The molecule has 0 fully saturated rings. The van der Waals surface area contributed by atoms with Gasteiger partial charge in [-0.2, -0.15) is 0 Å². The highest BCUT2D eigenvalue weighted by Crippen LogP contribution is 2.08. The monoisotopic (exact) mass is 263 g/mol. The fourth-order valence-electron chi connectivity index (χ4n) is 2.01. The number of hydrogen-bond acceptors (Lipinski definition) is 3. The molecule has 0 heterocycles. The Hall–Kier alpha value is -1.39. The van der Waals surface area contributed by atoms with Crippen molar-refractivity contribution in [2.45, 2.75) is 38.9 Å². The van der Waals surface area contributed by atoms with E-state index in [0.717, 1.165) is 6.54 Å². The van der Waals surface area contributed by atoms with E-state index in [1.807, 2.05) is 39.1 Å². The minimum absolute atomic E-state index is 0.0605. The molecule has 0 aliphatic heterocycles. The predicted molar refractivity (Wildman–Crippen MR) is 78.6 cm³/mol. The average molecular weight is 263 g/mol. The molecule has 0 aliphatic rings. The molecule has 0 aromatic heterocycles. The van der Waals surface area contributed by atoms with Crippen LogP contribution in [0.25, 0.3) is 0 Å². The van der Waals surface area contributed by atoms with Crippen molar-refractivity contribution < 1.29 is 4.79 Å². The fraction of sp³-hybridized carbons (Fsp3) is 0.533. The van der Waals surface area contributed by atoms with Crippen LogP contribution in [0.4, 0.5) is 0 Å². The van der Waals surface area contributed by atoms with E-state index in [2.05, 4.69) is 22.3 Å². The van der Waals surface area contributed by atoms with Crippen LogP contribution in [0.1, 0.15) is 25.8 Å². The third-order valence-electron chi connectivity index (χ3n) is 3.04. The number of rotatable bonds is 7. The van der Waals surface area contributed by atoms with Crippen LogP contribution in [0.5, 0.6) is 0 Å². The van der Waals surface area contributed by atoms with E-state index in [9.17, 15) is 4.79 Å². The fourth-order valence-corrected chi connectivity index (χ4v) is 2.01. The highest BCUT2D eigenvalue weighted by atomic mass is 16.1. The van der Waals surface area contributed by atoms with Gasteiger partial charge >= 0.3 is 0 Å². The van der Waals surface area contributed by atoms with Gasteiger partial charge in [-0.3, -0.25) is 9.69 Å². The van der Waals surface area contributed by atoms with Crippen molar-refractivity contribution >= 4 is 5.91 Å². The molecule has 0 spiro atoms. The van der Waals surface area contributed by atoms with Crippen LogP contribution in [0.15, 0.2) is 30.3 Å². The molecule has 0 bridgehead atoms. The normalized spacial score (nSPS) is 12.7. The number of benzene rings is 1. The second-order valence-corrected chi connectivity index (χ2v) is 5.22. The number of nitrogens with two attached hydrogens (primary N) is 1. The van der Waals surface area contributed by atoms with Crippen molar-refractivity contribution in [3.8, 4) is 0 Å². The van der Waals surface area contributed by atoms with E-state index in [-0.39, 0.29) is 18.0 Å². The van der Waals surface area contributed by atoms with Gasteiger partial charge in [0.05, 0.1) is 0 Å². The summed E-state index contributed by atoms with van der Waals surface area (Å²) in [4.78, 5) is 13.9. The summed E-state index contributed by atoms with van der Waals surface area (Å²) >= 11 is 0. The lowest BCUT2D eigenvalue weighted by molar-refractivity contribution is -0.122. The quantitative estimate of drug-likeness (QED) is 0.781. The van der Waals surface area contributed by atoms with Crippen molar-refractivity contribution in [3.63, 3.8) is 0 Å². The first kappa shape index (κ1) is 15.7. The van der Waals surface area contributed by atoms with Crippen LogP contribution >= 0.6 is 0 Å². The zero-order valence-corrected chi connectivity index (χ0v) is 12.1. The zero-order valence-electron chi connectivity index (χ0n) is 12.1. The number of nitrogens with one attached hydrogen (secondary N) is 1. The molecule has 19 heavy (non-hydrogen) atoms. The van der Waals surface area contributed by atoms with Gasteiger partial charge in [-0.15, -0.1) is 0 Å². The van der Waals surface area contributed by atoms with Gasteiger partial charge < -0.3 is 11.1 Å². The Bertz CT molecular complexity index is 378. The largest absolute Gasteiger partial charge is 0.354 e. The Labute approximate surface area is 116 Å². The molecule has 1 rings (SSSR count). The van der Waals surface area contributed by atoms with E-state index >= 15 is 0 Å². The number of carbonyl (C=O) groups is 1. The number of amides is 1. The smallest absolute Gasteiger partial charge is 0.221 e. The van der Waals surface area contributed by atoms with Gasteiger partial charge in [-0.05, 0) is 26.5 Å². The second-order valence-electron chi connectivity index (χ2n) is 5.22. The Balaban J connectivity index is 2.52. The van der Waals surface area contributed by atoms with Crippen molar-refractivity contribution in [3.05, 3.63) is 35.9 Å². The summed E-state index contributed by atoms with van der Waals surface area (Å²) < 4.78 is 0. The molecule has 1 amide bonds. The van der Waals surface area contributed by atoms with Gasteiger partial charge in [0.25, 0.3) is 0 Å². The van der Waals surface area contributed by atoms with Gasteiger partial charge in [0.2, 0.25) is 5.91 Å². The van der Waals surface area contributed by atoms with Crippen molar-refractivity contribution in [2.24, 2.45) is 5.73 Å². The predicted octanol–water partition coefficient (Wildman–Crippen LogP) is 1.36. The SMILES string of the molecule is CC(C)NC(=O)CC(CN)N(C)Cc1ccccc1. The summed E-state index contributed by atoms with van der Waals surface area (Å²) in [5.74, 6) is 0.0605. The van der Waals surface area contributed by atoms with Gasteiger partial charge in [-0.1, -0.05) is 30.3 Å². The van der Waals surface area contributed by atoms with Gasteiger partial charge in [0.1, 0.15) is 0 Å². The summed E-state index contributed by atoms with van der Waals surface area (Å²) in [6.07, 6.45) is 0.442. The maximum Gasteiger partial charge on any atom is 0.221 e. The molecule has 0 saturated carbocycles. The summed E-state index contributed by atoms with van der Waals surface area (Å²) in [6, 6.07) is 10.4. The summed E-state index contributed by atoms with van der Waals surface area (Å²) in [6.45, 7) is 5.21. The van der Waals surface area contributed by atoms with Crippen molar-refractivity contribution in [2.75, 3.05) is 13.6 Å². The highest BCUT2D eigenvalue weighted by Gasteiger charge is 2.17. The van der Waals surface area contributed by atoms with Crippen LogP contribution in [-0.2, 0) is 11.3 Å². The Morgan fingerprint density at radius 3 is 2.47 bits per heavy atom. The second kappa shape index (κ2) is 7.92. The van der Waals surface area contributed by atoms with Crippen LogP contribution < -0.4 is 11.1 Å². The van der Waals surface area contributed by atoms with Crippen molar-refractivity contribution in [1.82, 2.24) is 10.2 Å². The molecule has 1 aromatic carbocycles. The maximum absolute atomic E-state index is 11.8. The summed E-state index contributed by atoms with van der Waals surface area (Å²) in [5, 5.41) is 2.91. The van der Waals surface area contributed by atoms with Crippen molar-refractivity contribution in [1.29, 1.82) is 0 Å². The molecule has 1 unspecified atom stereocenters. The first-order valence-electron chi connectivity index (χ1n) is 6.76.